The van der Waals surface area contributed by atoms with Crippen LogP contribution in [-0.4, -0.2) is 39.3 Å². The fourth-order valence-electron chi connectivity index (χ4n) is 1.14. The SMILES string of the molecule is CCCS(=O)(=O)C1COCC[N]1. The first-order chi connectivity index (χ1) is 5.67. The van der Waals surface area contributed by atoms with E-state index in [0.29, 0.717) is 19.6 Å². The van der Waals surface area contributed by atoms with Gasteiger partial charge in [-0.2, -0.15) is 0 Å². The maximum absolute atomic E-state index is 11.4. The second-order valence-corrected chi connectivity index (χ2v) is 5.08. The molecule has 0 bridgehead atoms. The van der Waals surface area contributed by atoms with Crippen LogP contribution in [0.3, 0.4) is 0 Å². The molecule has 0 N–H and O–H groups in total. The van der Waals surface area contributed by atoms with Gasteiger partial charge in [0, 0.05) is 6.54 Å². The van der Waals surface area contributed by atoms with Crippen molar-refractivity contribution >= 4 is 9.84 Å². The van der Waals surface area contributed by atoms with Gasteiger partial charge in [-0.3, -0.25) is 0 Å². The topological polar surface area (TPSA) is 57.5 Å². The van der Waals surface area contributed by atoms with E-state index in [2.05, 4.69) is 5.32 Å². The summed E-state index contributed by atoms with van der Waals surface area (Å²) < 4.78 is 27.9. The molecule has 1 fully saturated rings. The van der Waals surface area contributed by atoms with Gasteiger partial charge in [-0.25, -0.2) is 13.7 Å². The zero-order valence-corrected chi connectivity index (χ0v) is 8.01. The molecule has 5 heteroatoms. The summed E-state index contributed by atoms with van der Waals surface area (Å²) in [5, 5.41) is 3.40. The van der Waals surface area contributed by atoms with E-state index in [-0.39, 0.29) is 12.4 Å². The first-order valence-electron chi connectivity index (χ1n) is 4.12. The average Bonchev–Trinajstić information content (AvgIpc) is 2.06. The summed E-state index contributed by atoms with van der Waals surface area (Å²) in [4.78, 5) is 0. The molecule has 1 saturated heterocycles. The minimum Gasteiger partial charge on any atom is -0.377 e. The quantitative estimate of drug-likeness (QED) is 0.620. The van der Waals surface area contributed by atoms with Gasteiger partial charge in [0.15, 0.2) is 9.84 Å². The van der Waals surface area contributed by atoms with E-state index in [0.717, 1.165) is 0 Å². The van der Waals surface area contributed by atoms with Crippen LogP contribution in [0.1, 0.15) is 13.3 Å². The smallest absolute Gasteiger partial charge is 0.169 e. The van der Waals surface area contributed by atoms with Crippen LogP contribution in [0.15, 0.2) is 0 Å². The van der Waals surface area contributed by atoms with Gasteiger partial charge in [0.25, 0.3) is 0 Å². The number of sulfone groups is 1. The van der Waals surface area contributed by atoms with Gasteiger partial charge in [0.1, 0.15) is 5.37 Å². The van der Waals surface area contributed by atoms with Crippen LogP contribution in [0.2, 0.25) is 0 Å². The molecule has 0 amide bonds. The average molecular weight is 192 g/mol. The molecule has 71 valence electrons. The molecule has 12 heavy (non-hydrogen) atoms. The van der Waals surface area contributed by atoms with Crippen molar-refractivity contribution in [2.45, 2.75) is 18.7 Å². The number of morpholine rings is 1. The van der Waals surface area contributed by atoms with Crippen LogP contribution in [-0.2, 0) is 14.6 Å². The van der Waals surface area contributed by atoms with E-state index in [1.807, 2.05) is 6.92 Å². The maximum atomic E-state index is 11.4. The second-order valence-electron chi connectivity index (χ2n) is 2.80. The summed E-state index contributed by atoms with van der Waals surface area (Å²) in [5.41, 5.74) is 0. The Bertz CT molecular complexity index is 219. The molecular formula is C7H14NO3S. The first-order valence-corrected chi connectivity index (χ1v) is 5.84. The zero-order valence-electron chi connectivity index (χ0n) is 7.19. The molecule has 1 atom stereocenters. The number of nitrogens with zero attached hydrogens (tertiary/aromatic N) is 1. The molecule has 0 aromatic rings. The second kappa shape index (κ2) is 4.20. The summed E-state index contributed by atoms with van der Waals surface area (Å²) >= 11 is 0. The van der Waals surface area contributed by atoms with Crippen LogP contribution >= 0.6 is 0 Å². The molecule has 0 aromatic carbocycles. The lowest BCUT2D eigenvalue weighted by atomic mass is 10.5. The highest BCUT2D eigenvalue weighted by Gasteiger charge is 2.27. The molecule has 0 aliphatic carbocycles. The van der Waals surface area contributed by atoms with Crippen molar-refractivity contribution in [3.63, 3.8) is 0 Å². The number of ether oxygens (including phenoxy) is 1. The monoisotopic (exact) mass is 192 g/mol. The summed E-state index contributed by atoms with van der Waals surface area (Å²) in [7, 11) is -3.03. The Morgan fingerprint density at radius 3 is 2.83 bits per heavy atom. The Morgan fingerprint density at radius 1 is 1.58 bits per heavy atom. The van der Waals surface area contributed by atoms with Crippen molar-refractivity contribution in [3.05, 3.63) is 0 Å². The van der Waals surface area contributed by atoms with Gasteiger partial charge in [0.05, 0.1) is 19.0 Å². The van der Waals surface area contributed by atoms with E-state index in [9.17, 15) is 8.42 Å². The molecule has 0 aromatic heterocycles. The van der Waals surface area contributed by atoms with Gasteiger partial charge >= 0.3 is 0 Å². The normalized spacial score (nSPS) is 25.6. The molecule has 1 aliphatic heterocycles. The highest BCUT2D eigenvalue weighted by Crippen LogP contribution is 2.06. The summed E-state index contributed by atoms with van der Waals surface area (Å²) in [6.45, 7) is 3.15. The minimum absolute atomic E-state index is 0.213. The Kier molecular flexibility index (Phi) is 3.49. The van der Waals surface area contributed by atoms with Crippen LogP contribution in [0.25, 0.3) is 0 Å². The van der Waals surface area contributed by atoms with Crippen molar-refractivity contribution in [1.29, 1.82) is 0 Å². The Balaban J connectivity index is 2.54. The van der Waals surface area contributed by atoms with Crippen LogP contribution in [0.5, 0.6) is 0 Å². The van der Waals surface area contributed by atoms with E-state index in [1.165, 1.54) is 0 Å². The Hall–Kier alpha value is -0.130. The Morgan fingerprint density at radius 2 is 2.33 bits per heavy atom. The highest BCUT2D eigenvalue weighted by atomic mass is 32.2. The van der Waals surface area contributed by atoms with E-state index >= 15 is 0 Å². The summed E-state index contributed by atoms with van der Waals surface area (Å²) in [5.74, 6) is 0.213. The third-order valence-corrected chi connectivity index (χ3v) is 3.82. The molecule has 1 radical (unpaired) electrons. The third-order valence-electron chi connectivity index (χ3n) is 1.73. The van der Waals surface area contributed by atoms with Crippen LogP contribution < -0.4 is 5.32 Å². The predicted octanol–water partition coefficient (Wildman–Crippen LogP) is -0.228. The lowest BCUT2D eigenvalue weighted by Crippen LogP contribution is -2.42. The van der Waals surface area contributed by atoms with E-state index in [1.54, 1.807) is 0 Å². The van der Waals surface area contributed by atoms with Gasteiger partial charge in [-0.15, -0.1) is 0 Å². The van der Waals surface area contributed by atoms with Gasteiger partial charge in [0.2, 0.25) is 0 Å². The first kappa shape index (κ1) is 9.95. The molecule has 0 saturated carbocycles. The zero-order chi connectivity index (χ0) is 9.03. The fourth-order valence-corrected chi connectivity index (χ4v) is 2.61. The van der Waals surface area contributed by atoms with Crippen molar-refractivity contribution in [2.75, 3.05) is 25.5 Å². The van der Waals surface area contributed by atoms with Crippen molar-refractivity contribution in [2.24, 2.45) is 0 Å². The minimum atomic E-state index is -3.03. The number of rotatable bonds is 3. The molecule has 1 aliphatic rings. The molecule has 4 nitrogen and oxygen atoms in total. The number of hydrogen-bond acceptors (Lipinski definition) is 3. The van der Waals surface area contributed by atoms with Crippen molar-refractivity contribution in [3.8, 4) is 0 Å². The molecule has 1 unspecified atom stereocenters. The molecule has 1 rings (SSSR count). The summed E-state index contributed by atoms with van der Waals surface area (Å²) in [6, 6.07) is 0. The van der Waals surface area contributed by atoms with Gasteiger partial charge in [-0.1, -0.05) is 6.92 Å². The summed E-state index contributed by atoms with van der Waals surface area (Å²) in [6.07, 6.45) is 0.647. The van der Waals surface area contributed by atoms with Gasteiger partial charge in [-0.05, 0) is 6.42 Å². The fraction of sp³-hybridized carbons (Fsp3) is 1.00. The lowest BCUT2D eigenvalue weighted by Gasteiger charge is -2.21. The molecular weight excluding hydrogens is 178 g/mol. The van der Waals surface area contributed by atoms with E-state index < -0.39 is 15.2 Å². The Labute approximate surface area is 73.2 Å². The lowest BCUT2D eigenvalue weighted by molar-refractivity contribution is 0.0958. The van der Waals surface area contributed by atoms with Crippen LogP contribution in [0, 0.1) is 0 Å². The maximum Gasteiger partial charge on any atom is 0.169 e. The van der Waals surface area contributed by atoms with Crippen molar-refractivity contribution < 1.29 is 13.2 Å². The molecule has 1 heterocycles. The van der Waals surface area contributed by atoms with E-state index in [4.69, 9.17) is 4.74 Å². The highest BCUT2D eigenvalue weighted by molar-refractivity contribution is 7.92. The standard InChI is InChI=1S/C7H14NO3S/c1-2-5-12(9,10)7-6-11-4-3-8-7/h7H,2-6H2,1H3. The van der Waals surface area contributed by atoms with Crippen LogP contribution in [0.4, 0.5) is 0 Å². The largest absolute Gasteiger partial charge is 0.377 e. The third kappa shape index (κ3) is 2.43. The number of hydrogen-bond donors (Lipinski definition) is 0. The van der Waals surface area contributed by atoms with Gasteiger partial charge < -0.3 is 4.74 Å². The predicted molar refractivity (Wildman–Crippen MR) is 45.7 cm³/mol. The molecule has 0 spiro atoms. The van der Waals surface area contributed by atoms with Crippen molar-refractivity contribution in [1.82, 2.24) is 5.32 Å².